The molecule has 1 saturated heterocycles. The number of hydrogen-bond acceptors (Lipinski definition) is 5. The second kappa shape index (κ2) is 17.4. The van der Waals surface area contributed by atoms with E-state index in [1.54, 1.807) is 0 Å². The Kier molecular flexibility index (Phi) is 15.9. The van der Waals surface area contributed by atoms with Crippen LogP contribution in [0.5, 0.6) is 0 Å². The lowest BCUT2D eigenvalue weighted by molar-refractivity contribution is -0.0730. The molecule has 166 valence electrons. The van der Waals surface area contributed by atoms with Gasteiger partial charge in [0.15, 0.2) is 0 Å². The highest BCUT2D eigenvalue weighted by molar-refractivity contribution is 4.88. The molecule has 1 aliphatic heterocycles. The molecule has 28 heavy (non-hydrogen) atoms. The second-order valence-corrected chi connectivity index (χ2v) is 8.03. The summed E-state index contributed by atoms with van der Waals surface area (Å²) in [5, 5.41) is 28.5. The van der Waals surface area contributed by atoms with Gasteiger partial charge >= 0.3 is 0 Å². The summed E-state index contributed by atoms with van der Waals surface area (Å²) < 4.78 is 11.0. The summed E-state index contributed by atoms with van der Waals surface area (Å²) in [7, 11) is 0. The van der Waals surface area contributed by atoms with E-state index in [9.17, 15) is 10.2 Å². The van der Waals surface area contributed by atoms with Crippen molar-refractivity contribution in [2.75, 3.05) is 19.8 Å². The Morgan fingerprint density at radius 3 is 2.11 bits per heavy atom. The van der Waals surface area contributed by atoms with E-state index in [-0.39, 0.29) is 6.61 Å². The molecule has 0 aromatic heterocycles. The van der Waals surface area contributed by atoms with Gasteiger partial charge in [-0.1, -0.05) is 70.4 Å². The van der Waals surface area contributed by atoms with E-state index in [1.807, 2.05) is 0 Å². The monoisotopic (exact) mass is 400 g/mol. The molecule has 0 bridgehead atoms. The molecule has 4 atom stereocenters. The lowest BCUT2D eigenvalue weighted by Gasteiger charge is -2.20. The van der Waals surface area contributed by atoms with E-state index in [2.05, 4.69) is 19.1 Å². The van der Waals surface area contributed by atoms with Gasteiger partial charge < -0.3 is 24.8 Å². The van der Waals surface area contributed by atoms with Gasteiger partial charge in [0.05, 0.1) is 13.2 Å². The highest BCUT2D eigenvalue weighted by atomic mass is 16.6. The van der Waals surface area contributed by atoms with Crippen molar-refractivity contribution in [3.63, 3.8) is 0 Å². The summed E-state index contributed by atoms with van der Waals surface area (Å²) in [5.74, 6) is 0. The number of ether oxygens (including phenoxy) is 2. The number of unbranched alkanes of at least 4 members (excludes halogenated alkanes) is 11. The average Bonchev–Trinajstić information content (AvgIpc) is 3.07. The predicted molar refractivity (Wildman–Crippen MR) is 113 cm³/mol. The van der Waals surface area contributed by atoms with E-state index in [1.165, 1.54) is 64.2 Å². The maximum Gasteiger partial charge on any atom is 0.114 e. The van der Waals surface area contributed by atoms with Crippen LogP contribution < -0.4 is 0 Å². The molecule has 3 N–H and O–H groups in total. The molecular formula is C23H44O5. The van der Waals surface area contributed by atoms with Crippen LogP contribution in [0.15, 0.2) is 12.2 Å². The first kappa shape index (κ1) is 25.6. The topological polar surface area (TPSA) is 79.2 Å². The SMILES string of the molecule is CCCCCCCCC/C=C/CCCCCCO[C@@H]1CO[C@@H]([C@@H](O)CO)[C@H]1O. The van der Waals surface area contributed by atoms with Gasteiger partial charge in [0.25, 0.3) is 0 Å². The fraction of sp³-hybridized carbons (Fsp3) is 0.913. The minimum Gasteiger partial charge on any atom is -0.394 e. The second-order valence-electron chi connectivity index (χ2n) is 8.03. The first-order valence-electron chi connectivity index (χ1n) is 11.6. The lowest BCUT2D eigenvalue weighted by Crippen LogP contribution is -2.41. The number of hydrogen-bond donors (Lipinski definition) is 3. The largest absolute Gasteiger partial charge is 0.394 e. The van der Waals surface area contributed by atoms with Crippen molar-refractivity contribution in [3.05, 3.63) is 12.2 Å². The molecule has 0 amide bonds. The highest BCUT2D eigenvalue weighted by Gasteiger charge is 2.40. The smallest absolute Gasteiger partial charge is 0.114 e. The van der Waals surface area contributed by atoms with Gasteiger partial charge in [-0.15, -0.1) is 0 Å². The van der Waals surface area contributed by atoms with Crippen LogP contribution in [-0.4, -0.2) is 59.6 Å². The minimum atomic E-state index is -1.05. The quantitative estimate of drug-likeness (QED) is 0.238. The number of rotatable bonds is 18. The molecule has 1 aliphatic rings. The summed E-state index contributed by atoms with van der Waals surface area (Å²) in [6.45, 7) is 2.72. The van der Waals surface area contributed by atoms with Gasteiger partial charge in [-0.05, 0) is 32.1 Å². The lowest BCUT2D eigenvalue weighted by atomic mass is 10.1. The molecule has 0 radical (unpaired) electrons. The third kappa shape index (κ3) is 11.5. The van der Waals surface area contributed by atoms with Crippen LogP contribution in [0.3, 0.4) is 0 Å². The Hall–Kier alpha value is -0.460. The molecular weight excluding hydrogens is 356 g/mol. The van der Waals surface area contributed by atoms with Gasteiger partial charge in [-0.2, -0.15) is 0 Å². The van der Waals surface area contributed by atoms with Crippen LogP contribution in [0.1, 0.15) is 90.4 Å². The van der Waals surface area contributed by atoms with Crippen LogP contribution >= 0.6 is 0 Å². The Bertz CT molecular complexity index is 374. The standard InChI is InChI=1S/C23H44O5/c1-2-3-4-5-6-7-8-9-10-11-12-13-14-15-16-17-27-21-19-28-23(22(21)26)20(25)18-24/h10-11,20-26H,2-9,12-19H2,1H3/b11-10+/t20-,21+,22-,23-/m0/s1. The Balaban J connectivity index is 1.85. The van der Waals surface area contributed by atoms with Crippen molar-refractivity contribution in [2.45, 2.75) is 115 Å². The molecule has 0 aromatic carbocycles. The van der Waals surface area contributed by atoms with Crippen molar-refractivity contribution in [1.82, 2.24) is 0 Å². The van der Waals surface area contributed by atoms with E-state index in [4.69, 9.17) is 14.6 Å². The summed E-state index contributed by atoms with van der Waals surface area (Å²) in [4.78, 5) is 0. The molecule has 0 spiro atoms. The van der Waals surface area contributed by atoms with Gasteiger partial charge in [-0.3, -0.25) is 0 Å². The molecule has 0 aromatic rings. The fourth-order valence-corrected chi connectivity index (χ4v) is 3.61. The molecule has 1 rings (SSSR count). The number of allylic oxidation sites excluding steroid dienone is 2. The maximum absolute atomic E-state index is 10.0. The zero-order valence-electron chi connectivity index (χ0n) is 17.9. The highest BCUT2D eigenvalue weighted by Crippen LogP contribution is 2.20. The van der Waals surface area contributed by atoms with Gasteiger partial charge in [0, 0.05) is 6.61 Å². The van der Waals surface area contributed by atoms with Gasteiger partial charge in [0.2, 0.25) is 0 Å². The zero-order valence-corrected chi connectivity index (χ0v) is 17.9. The summed E-state index contributed by atoms with van der Waals surface area (Å²) in [6, 6.07) is 0. The number of aliphatic hydroxyl groups is 3. The van der Waals surface area contributed by atoms with E-state index >= 15 is 0 Å². The van der Waals surface area contributed by atoms with Crippen LogP contribution in [0.25, 0.3) is 0 Å². The van der Waals surface area contributed by atoms with Crippen molar-refractivity contribution in [1.29, 1.82) is 0 Å². The Morgan fingerprint density at radius 1 is 0.929 bits per heavy atom. The summed E-state index contributed by atoms with van der Waals surface area (Å²) >= 11 is 0. The van der Waals surface area contributed by atoms with Gasteiger partial charge in [-0.25, -0.2) is 0 Å². The van der Waals surface area contributed by atoms with Crippen LogP contribution in [0.2, 0.25) is 0 Å². The average molecular weight is 401 g/mol. The minimum absolute atomic E-state index is 0.270. The summed E-state index contributed by atoms with van der Waals surface area (Å²) in [6.07, 6.45) is 18.1. The molecule has 5 nitrogen and oxygen atoms in total. The molecule has 5 heteroatoms. The Labute approximate surface area is 172 Å². The zero-order chi connectivity index (χ0) is 20.5. The fourth-order valence-electron chi connectivity index (χ4n) is 3.61. The van der Waals surface area contributed by atoms with Crippen LogP contribution in [0, 0.1) is 0 Å². The molecule has 1 fully saturated rings. The van der Waals surface area contributed by atoms with Crippen molar-refractivity contribution in [3.8, 4) is 0 Å². The third-order valence-electron chi connectivity index (χ3n) is 5.47. The van der Waals surface area contributed by atoms with Crippen molar-refractivity contribution < 1.29 is 24.8 Å². The maximum atomic E-state index is 10.0. The molecule has 0 aliphatic carbocycles. The Morgan fingerprint density at radius 2 is 1.50 bits per heavy atom. The first-order valence-corrected chi connectivity index (χ1v) is 11.6. The summed E-state index contributed by atoms with van der Waals surface area (Å²) in [5.41, 5.74) is 0. The molecule has 0 unspecified atom stereocenters. The van der Waals surface area contributed by atoms with Crippen LogP contribution in [0.4, 0.5) is 0 Å². The van der Waals surface area contributed by atoms with E-state index < -0.39 is 31.0 Å². The van der Waals surface area contributed by atoms with Crippen LogP contribution in [-0.2, 0) is 9.47 Å². The normalized spacial score (nSPS) is 23.6. The van der Waals surface area contributed by atoms with E-state index in [0.29, 0.717) is 6.61 Å². The molecule has 0 saturated carbocycles. The van der Waals surface area contributed by atoms with Crippen molar-refractivity contribution in [2.24, 2.45) is 0 Å². The predicted octanol–water partition coefficient (Wildman–Crippen LogP) is 4.13. The molecule has 1 heterocycles. The van der Waals surface area contributed by atoms with Crippen molar-refractivity contribution >= 4 is 0 Å². The van der Waals surface area contributed by atoms with E-state index in [0.717, 1.165) is 19.3 Å². The van der Waals surface area contributed by atoms with Gasteiger partial charge in [0.1, 0.15) is 24.4 Å². The first-order chi connectivity index (χ1) is 13.7. The number of aliphatic hydroxyl groups excluding tert-OH is 3. The third-order valence-corrected chi connectivity index (χ3v) is 5.47.